The van der Waals surface area contributed by atoms with Crippen molar-refractivity contribution in [3.63, 3.8) is 0 Å². The van der Waals surface area contributed by atoms with Crippen molar-refractivity contribution in [2.24, 2.45) is 0 Å². The zero-order chi connectivity index (χ0) is 37.0. The summed E-state index contributed by atoms with van der Waals surface area (Å²) in [5, 5.41) is 25.2. The maximum Gasteiger partial charge on any atom is 0.330 e. The Balaban J connectivity index is 1.33. The Hall–Kier alpha value is -6.22. The van der Waals surface area contributed by atoms with Crippen molar-refractivity contribution in [3.8, 4) is 22.6 Å². The summed E-state index contributed by atoms with van der Waals surface area (Å²) in [7, 11) is 0. The quantitative estimate of drug-likeness (QED) is 0.0896. The Bertz CT molecular complexity index is 2230. The van der Waals surface area contributed by atoms with E-state index in [1.165, 1.54) is 0 Å². The van der Waals surface area contributed by atoms with Crippen molar-refractivity contribution in [1.29, 1.82) is 0 Å². The van der Waals surface area contributed by atoms with Crippen molar-refractivity contribution >= 4 is 33.5 Å². The number of carbonyl (C=O) groups excluding carboxylic acids is 2. The number of benzene rings is 6. The highest BCUT2D eigenvalue weighted by Crippen LogP contribution is 2.59. The molecule has 8 nitrogen and oxygen atoms in total. The van der Waals surface area contributed by atoms with E-state index >= 15 is 0 Å². The average Bonchev–Trinajstić information content (AvgIpc) is 3.50. The SMILES string of the molecule is C=CC(=O)OCC(O)COc1ccc(C2(c3ccc(OCC(O)COC(=O)C=C)cc3)c3cc4ccccc4cc3-c3ccc4ccccc4c32)cc1. The molecule has 2 N–H and O–H groups in total. The fourth-order valence-corrected chi connectivity index (χ4v) is 7.13. The molecule has 0 saturated carbocycles. The van der Waals surface area contributed by atoms with Crippen LogP contribution in [0.4, 0.5) is 0 Å². The van der Waals surface area contributed by atoms with E-state index in [4.69, 9.17) is 18.9 Å². The van der Waals surface area contributed by atoms with E-state index in [0.717, 1.165) is 67.1 Å². The Morgan fingerprint density at radius 3 is 1.60 bits per heavy atom. The molecule has 2 unspecified atom stereocenters. The van der Waals surface area contributed by atoms with E-state index in [1.807, 2.05) is 36.4 Å². The van der Waals surface area contributed by atoms with Gasteiger partial charge in [-0.15, -0.1) is 0 Å². The van der Waals surface area contributed by atoms with Gasteiger partial charge in [0.1, 0.15) is 50.1 Å². The van der Waals surface area contributed by atoms with Crippen LogP contribution in [0.5, 0.6) is 11.5 Å². The second-order valence-electron chi connectivity index (χ2n) is 12.9. The fourth-order valence-electron chi connectivity index (χ4n) is 7.13. The molecule has 0 fully saturated rings. The molecule has 0 amide bonds. The second kappa shape index (κ2) is 15.2. The van der Waals surface area contributed by atoms with Gasteiger partial charge in [0.15, 0.2) is 0 Å². The fraction of sp³-hybridized carbons (Fsp3) is 0.156. The number of aliphatic hydroxyl groups is 2. The van der Waals surface area contributed by atoms with Crippen LogP contribution in [0, 0.1) is 0 Å². The van der Waals surface area contributed by atoms with Crippen molar-refractivity contribution in [1.82, 2.24) is 0 Å². The smallest absolute Gasteiger partial charge is 0.330 e. The number of fused-ring (bicyclic) bond motifs is 6. The number of carbonyl (C=O) groups is 2. The summed E-state index contributed by atoms with van der Waals surface area (Å²) < 4.78 is 21.7. The van der Waals surface area contributed by atoms with Crippen LogP contribution in [0.25, 0.3) is 32.7 Å². The van der Waals surface area contributed by atoms with Crippen LogP contribution in [0.1, 0.15) is 22.3 Å². The molecule has 0 saturated heterocycles. The molecule has 0 aliphatic heterocycles. The predicted octanol–water partition coefficient (Wildman–Crippen LogP) is 7.29. The van der Waals surface area contributed by atoms with Gasteiger partial charge in [0.05, 0.1) is 5.41 Å². The highest BCUT2D eigenvalue weighted by molar-refractivity contribution is 6.03. The van der Waals surface area contributed by atoms with E-state index in [0.29, 0.717) is 11.5 Å². The molecule has 53 heavy (non-hydrogen) atoms. The minimum Gasteiger partial charge on any atom is -0.491 e. The predicted molar refractivity (Wildman–Crippen MR) is 204 cm³/mol. The van der Waals surface area contributed by atoms with Gasteiger partial charge in [0.2, 0.25) is 0 Å². The van der Waals surface area contributed by atoms with E-state index in [1.54, 1.807) is 0 Å². The summed E-state index contributed by atoms with van der Waals surface area (Å²) in [6.07, 6.45) is 0.0692. The first-order valence-electron chi connectivity index (χ1n) is 17.3. The lowest BCUT2D eigenvalue weighted by Crippen LogP contribution is -2.29. The van der Waals surface area contributed by atoms with Crippen LogP contribution in [0.15, 0.2) is 147 Å². The molecule has 0 radical (unpaired) electrons. The van der Waals surface area contributed by atoms with Gasteiger partial charge in [-0.25, -0.2) is 9.59 Å². The lowest BCUT2D eigenvalue weighted by atomic mass is 9.66. The molecular formula is C45H38O8. The highest BCUT2D eigenvalue weighted by Gasteiger charge is 2.47. The minimum absolute atomic E-state index is 0.0654. The van der Waals surface area contributed by atoms with Crippen LogP contribution in [-0.2, 0) is 24.5 Å². The Kier molecular flexibility index (Phi) is 10.1. The summed E-state index contributed by atoms with van der Waals surface area (Å²) in [5.41, 5.74) is 5.80. The van der Waals surface area contributed by atoms with Gasteiger partial charge >= 0.3 is 11.9 Å². The van der Waals surface area contributed by atoms with Crippen molar-refractivity contribution in [2.45, 2.75) is 17.6 Å². The third kappa shape index (κ3) is 6.90. The van der Waals surface area contributed by atoms with E-state index in [-0.39, 0.29) is 26.4 Å². The van der Waals surface area contributed by atoms with E-state index in [2.05, 4.69) is 98.1 Å². The zero-order valence-electron chi connectivity index (χ0n) is 28.9. The highest BCUT2D eigenvalue weighted by atomic mass is 16.6. The van der Waals surface area contributed by atoms with Crippen LogP contribution in [-0.4, -0.2) is 60.8 Å². The molecule has 2 atom stereocenters. The molecule has 0 spiro atoms. The monoisotopic (exact) mass is 706 g/mol. The van der Waals surface area contributed by atoms with Gasteiger partial charge < -0.3 is 29.2 Å². The largest absolute Gasteiger partial charge is 0.491 e. The third-order valence-electron chi connectivity index (χ3n) is 9.51. The van der Waals surface area contributed by atoms with Crippen molar-refractivity contribution in [3.05, 3.63) is 169 Å². The lowest BCUT2D eigenvalue weighted by Gasteiger charge is -2.35. The Morgan fingerprint density at radius 1 is 0.585 bits per heavy atom. The Morgan fingerprint density at radius 2 is 1.08 bits per heavy atom. The number of hydrogen-bond acceptors (Lipinski definition) is 8. The zero-order valence-corrected chi connectivity index (χ0v) is 28.9. The van der Waals surface area contributed by atoms with Gasteiger partial charge in [-0.3, -0.25) is 0 Å². The molecule has 1 aliphatic carbocycles. The minimum atomic E-state index is -1.01. The molecule has 266 valence electrons. The number of rotatable bonds is 14. The topological polar surface area (TPSA) is 112 Å². The summed E-state index contributed by atoms with van der Waals surface area (Å²) in [4.78, 5) is 22.9. The summed E-state index contributed by atoms with van der Waals surface area (Å²) in [6.45, 7) is 6.20. The molecule has 7 rings (SSSR count). The number of aliphatic hydroxyl groups excluding tert-OH is 2. The molecule has 0 aromatic heterocycles. The van der Waals surface area contributed by atoms with Crippen LogP contribution in [0.3, 0.4) is 0 Å². The van der Waals surface area contributed by atoms with Crippen molar-refractivity contribution in [2.75, 3.05) is 26.4 Å². The van der Waals surface area contributed by atoms with Gasteiger partial charge in [-0.05, 0) is 91.3 Å². The van der Waals surface area contributed by atoms with Crippen LogP contribution in [0.2, 0.25) is 0 Å². The molecule has 6 aromatic rings. The lowest BCUT2D eigenvalue weighted by molar-refractivity contribution is -0.142. The number of ether oxygens (including phenoxy) is 4. The standard InChI is InChI=1S/C45H38O8/c1-3-42(48)52-27-34(46)25-50-36-18-14-32(15-19-36)45(33-16-20-37(21-17-33)51-26-35(47)28-53-43(49)4-2)41-24-31-11-6-5-10-30(31)23-40(41)39-22-13-29-9-7-8-12-38(29)44(39)45/h3-24,34-35,46-47H,1-2,25-28H2. The first kappa shape index (κ1) is 35.2. The first-order valence-corrected chi connectivity index (χ1v) is 17.3. The number of esters is 2. The molecule has 8 heteroatoms. The van der Waals surface area contributed by atoms with Gasteiger partial charge in [0, 0.05) is 12.2 Å². The van der Waals surface area contributed by atoms with Gasteiger partial charge in [-0.1, -0.05) is 98.1 Å². The van der Waals surface area contributed by atoms with Gasteiger partial charge in [-0.2, -0.15) is 0 Å². The summed E-state index contributed by atoms with van der Waals surface area (Å²) in [6, 6.07) is 41.5. The van der Waals surface area contributed by atoms with Crippen molar-refractivity contribution < 1.29 is 38.7 Å². The molecular weight excluding hydrogens is 668 g/mol. The first-order chi connectivity index (χ1) is 25.8. The summed E-state index contributed by atoms with van der Waals surface area (Å²) in [5.74, 6) is -0.123. The second-order valence-corrected chi connectivity index (χ2v) is 12.9. The molecule has 0 heterocycles. The van der Waals surface area contributed by atoms with Gasteiger partial charge in [0.25, 0.3) is 0 Å². The van der Waals surface area contributed by atoms with E-state index in [9.17, 15) is 19.8 Å². The van der Waals surface area contributed by atoms with E-state index < -0.39 is 29.6 Å². The molecule has 0 bridgehead atoms. The maximum atomic E-state index is 11.4. The third-order valence-corrected chi connectivity index (χ3v) is 9.51. The average molecular weight is 707 g/mol. The molecule has 6 aromatic carbocycles. The molecule has 1 aliphatic rings. The summed E-state index contributed by atoms with van der Waals surface area (Å²) >= 11 is 0. The Labute approximate surface area is 307 Å². The maximum absolute atomic E-state index is 11.4. The number of hydrogen-bond donors (Lipinski definition) is 2. The van der Waals surface area contributed by atoms with Crippen LogP contribution >= 0.6 is 0 Å². The van der Waals surface area contributed by atoms with Crippen LogP contribution < -0.4 is 9.47 Å². The normalized spacial score (nSPS) is 15.5.